The number of aliphatic imine (C=N–C) groups is 1. The summed E-state index contributed by atoms with van der Waals surface area (Å²) in [6, 6.07) is 1.91. The second-order valence-electron chi connectivity index (χ2n) is 6.77. The van der Waals surface area contributed by atoms with Crippen molar-refractivity contribution in [2.24, 2.45) is 4.99 Å². The minimum atomic E-state index is -0.246. The molecule has 1 saturated heterocycles. The van der Waals surface area contributed by atoms with E-state index in [-0.39, 0.29) is 5.91 Å². The molecule has 0 bridgehead atoms. The zero-order valence-electron chi connectivity index (χ0n) is 15.6. The van der Waals surface area contributed by atoms with Gasteiger partial charge in [-0.15, -0.1) is 0 Å². The van der Waals surface area contributed by atoms with Crippen molar-refractivity contribution in [3.8, 4) is 0 Å². The fourth-order valence-electron chi connectivity index (χ4n) is 3.32. The largest absolute Gasteiger partial charge is 0.378 e. The quantitative estimate of drug-likeness (QED) is 0.685. The molecule has 0 saturated carbocycles. The molecule has 0 aliphatic carbocycles. The van der Waals surface area contributed by atoms with Crippen LogP contribution in [0.3, 0.4) is 0 Å². The molecule has 5 heterocycles. The number of nitrogens with one attached hydrogen (secondary N) is 2. The van der Waals surface area contributed by atoms with Gasteiger partial charge in [-0.25, -0.2) is 9.98 Å². The number of nitrogens with zero attached hydrogens (tertiary/aromatic N) is 5. The van der Waals surface area contributed by atoms with Gasteiger partial charge < -0.3 is 15.0 Å². The van der Waals surface area contributed by atoms with Crippen LogP contribution in [0.25, 0.3) is 10.3 Å². The Bertz CT molecular complexity index is 1100. The summed E-state index contributed by atoms with van der Waals surface area (Å²) >= 11 is 1.57. The molecule has 1 amide bonds. The van der Waals surface area contributed by atoms with E-state index in [1.165, 1.54) is 0 Å². The molecule has 1 fully saturated rings. The molecule has 0 atom stereocenters. The van der Waals surface area contributed by atoms with Crippen LogP contribution in [0.1, 0.15) is 18.4 Å². The van der Waals surface area contributed by atoms with E-state index in [4.69, 9.17) is 4.74 Å². The highest BCUT2D eigenvalue weighted by molar-refractivity contribution is 7.22. The van der Waals surface area contributed by atoms with Crippen molar-refractivity contribution in [2.75, 3.05) is 36.5 Å². The summed E-state index contributed by atoms with van der Waals surface area (Å²) in [7, 11) is 0. The van der Waals surface area contributed by atoms with Crippen LogP contribution in [0, 0.1) is 0 Å². The summed E-state index contributed by atoms with van der Waals surface area (Å²) in [6.07, 6.45) is 8.54. The van der Waals surface area contributed by atoms with Crippen LogP contribution >= 0.6 is 11.3 Å². The summed E-state index contributed by atoms with van der Waals surface area (Å²) < 4.78 is 6.33. The number of H-pyrrole nitrogens is 1. The van der Waals surface area contributed by atoms with Gasteiger partial charge in [0.25, 0.3) is 5.91 Å². The molecule has 9 nitrogen and oxygen atoms in total. The number of aromatic amines is 1. The smallest absolute Gasteiger partial charge is 0.273 e. The minimum Gasteiger partial charge on any atom is -0.378 e. The lowest BCUT2D eigenvalue weighted by Gasteiger charge is -2.25. The Labute approximate surface area is 170 Å². The maximum atomic E-state index is 12.7. The maximum Gasteiger partial charge on any atom is 0.273 e. The number of carbonyl (C=O) groups excluding carboxylic acids is 1. The van der Waals surface area contributed by atoms with E-state index in [2.05, 4.69) is 35.4 Å². The molecule has 3 aromatic heterocycles. The van der Waals surface area contributed by atoms with Gasteiger partial charge in [-0.05, 0) is 18.9 Å². The normalized spacial score (nSPS) is 17.2. The first-order valence-electron chi connectivity index (χ1n) is 9.44. The first-order chi connectivity index (χ1) is 14.3. The topological polar surface area (TPSA) is 108 Å². The zero-order chi connectivity index (χ0) is 19.6. The van der Waals surface area contributed by atoms with Crippen LogP contribution in [0.5, 0.6) is 0 Å². The van der Waals surface area contributed by atoms with Crippen molar-refractivity contribution in [1.82, 2.24) is 20.2 Å². The van der Waals surface area contributed by atoms with Crippen molar-refractivity contribution in [3.05, 3.63) is 42.0 Å². The molecule has 2 aliphatic heterocycles. The Hall–Kier alpha value is -3.11. The van der Waals surface area contributed by atoms with Crippen LogP contribution in [0.15, 0.2) is 41.4 Å². The molecular weight excluding hydrogens is 390 g/mol. The average Bonchev–Trinajstić information content (AvgIpc) is 3.44. The van der Waals surface area contributed by atoms with E-state index in [1.54, 1.807) is 29.9 Å². The number of anilines is 2. The predicted molar refractivity (Wildman–Crippen MR) is 112 cm³/mol. The van der Waals surface area contributed by atoms with Crippen molar-refractivity contribution >= 4 is 44.1 Å². The van der Waals surface area contributed by atoms with Crippen molar-refractivity contribution in [2.45, 2.75) is 12.8 Å². The lowest BCUT2D eigenvalue weighted by atomic mass is 10.1. The molecule has 3 aromatic rings. The number of hydrogen-bond donors (Lipinski definition) is 2. The number of amides is 1. The first kappa shape index (κ1) is 18.0. The summed E-state index contributed by atoms with van der Waals surface area (Å²) in [5, 5.41) is 10.6. The minimum absolute atomic E-state index is 0.246. The number of thiazole rings is 1. The van der Waals surface area contributed by atoms with Gasteiger partial charge in [0.2, 0.25) is 0 Å². The van der Waals surface area contributed by atoms with Gasteiger partial charge >= 0.3 is 0 Å². The third-order valence-corrected chi connectivity index (χ3v) is 5.87. The van der Waals surface area contributed by atoms with Crippen LogP contribution in [0.2, 0.25) is 0 Å². The number of allylic oxidation sites excluding steroid dienone is 1. The summed E-state index contributed by atoms with van der Waals surface area (Å²) in [4.78, 5) is 28.4. The van der Waals surface area contributed by atoms with Crippen LogP contribution in [0.4, 0.5) is 10.8 Å². The van der Waals surface area contributed by atoms with Crippen molar-refractivity contribution in [3.63, 3.8) is 0 Å². The monoisotopic (exact) mass is 409 g/mol. The molecule has 0 radical (unpaired) electrons. The Kier molecular flexibility index (Phi) is 4.78. The van der Waals surface area contributed by atoms with Crippen molar-refractivity contribution in [1.29, 1.82) is 0 Å². The van der Waals surface area contributed by atoms with Crippen LogP contribution < -0.4 is 10.2 Å². The molecule has 0 unspecified atom stereocenters. The number of carbonyl (C=O) groups is 1. The number of hydrogen-bond acceptors (Lipinski definition) is 8. The molecule has 5 rings (SSSR count). The maximum absolute atomic E-state index is 12.7. The number of pyridine rings is 1. The van der Waals surface area contributed by atoms with Gasteiger partial charge in [-0.2, -0.15) is 10.1 Å². The average molecular weight is 409 g/mol. The molecule has 29 heavy (non-hydrogen) atoms. The molecular formula is C19H19N7O2S. The molecule has 2 aliphatic rings. The highest BCUT2D eigenvalue weighted by Crippen LogP contribution is 2.30. The Morgan fingerprint density at radius 3 is 3.00 bits per heavy atom. The van der Waals surface area contributed by atoms with Gasteiger partial charge in [-0.1, -0.05) is 17.4 Å². The standard InChI is InChI=1S/C19H19N7O2S/c27-18(15-3-1-2-14(24-15)12-9-21-22-10-12)23-13-8-16-17(20-11-13)25-19(29-16)26-4-6-28-7-5-26/h3,8-11H,1-2,4-7H2,(H,21,22)(H,23,27). The van der Waals surface area contributed by atoms with Crippen LogP contribution in [-0.4, -0.2) is 58.1 Å². The van der Waals surface area contributed by atoms with E-state index >= 15 is 0 Å². The number of morpholine rings is 1. The number of fused-ring (bicyclic) bond motifs is 1. The van der Waals surface area contributed by atoms with Gasteiger partial charge in [0.05, 0.1) is 41.7 Å². The summed E-state index contributed by atoms with van der Waals surface area (Å²) in [6.45, 7) is 3.07. The molecule has 2 N–H and O–H groups in total. The fourth-order valence-corrected chi connectivity index (χ4v) is 4.33. The highest BCUT2D eigenvalue weighted by Gasteiger charge is 2.18. The second-order valence-corrected chi connectivity index (χ2v) is 7.78. The van der Waals surface area contributed by atoms with Gasteiger partial charge in [0.1, 0.15) is 5.70 Å². The van der Waals surface area contributed by atoms with Crippen LogP contribution in [-0.2, 0) is 9.53 Å². The van der Waals surface area contributed by atoms with Gasteiger partial charge in [0.15, 0.2) is 10.8 Å². The summed E-state index contributed by atoms with van der Waals surface area (Å²) in [5.74, 6) is -0.246. The third kappa shape index (κ3) is 3.76. The number of aromatic nitrogens is 4. The zero-order valence-corrected chi connectivity index (χ0v) is 16.4. The third-order valence-electron chi connectivity index (χ3n) is 4.81. The molecule has 0 aromatic carbocycles. The lowest BCUT2D eigenvalue weighted by molar-refractivity contribution is -0.112. The van der Waals surface area contributed by atoms with E-state index in [0.717, 1.165) is 47.0 Å². The van der Waals surface area contributed by atoms with E-state index in [0.29, 0.717) is 30.2 Å². The Balaban J connectivity index is 1.33. The second kappa shape index (κ2) is 7.72. The lowest BCUT2D eigenvalue weighted by Crippen LogP contribution is -2.36. The fraction of sp³-hybridized carbons (Fsp3) is 0.316. The van der Waals surface area contributed by atoms with E-state index < -0.39 is 0 Å². The predicted octanol–water partition coefficient (Wildman–Crippen LogP) is 2.36. The van der Waals surface area contributed by atoms with Gasteiger partial charge in [-0.3, -0.25) is 9.89 Å². The molecule has 0 spiro atoms. The van der Waals surface area contributed by atoms with Gasteiger partial charge in [0, 0.05) is 24.8 Å². The first-order valence-corrected chi connectivity index (χ1v) is 10.3. The number of ether oxygens (including phenoxy) is 1. The highest BCUT2D eigenvalue weighted by atomic mass is 32.1. The Morgan fingerprint density at radius 1 is 1.28 bits per heavy atom. The van der Waals surface area contributed by atoms with Crippen molar-refractivity contribution < 1.29 is 9.53 Å². The Morgan fingerprint density at radius 2 is 2.17 bits per heavy atom. The van der Waals surface area contributed by atoms with E-state index in [9.17, 15) is 4.79 Å². The molecule has 148 valence electrons. The van der Waals surface area contributed by atoms with E-state index in [1.807, 2.05) is 12.1 Å². The SMILES string of the molecule is O=C(Nc1cnc2nc(N3CCOCC3)sc2c1)C1=CCCC(c2cn[nH]c2)=N1. The summed E-state index contributed by atoms with van der Waals surface area (Å²) in [5.41, 5.74) is 3.49. The molecule has 10 heteroatoms. The number of rotatable bonds is 4.